The third-order valence-electron chi connectivity index (χ3n) is 2.69. The summed E-state index contributed by atoms with van der Waals surface area (Å²) in [5.74, 6) is -2.36. The summed E-state index contributed by atoms with van der Waals surface area (Å²) in [6, 6.07) is 0. The van der Waals surface area contributed by atoms with Crippen molar-refractivity contribution < 1.29 is 23.8 Å². The van der Waals surface area contributed by atoms with E-state index in [1.807, 2.05) is 19.1 Å². The average molecular weight is 256 g/mol. The van der Waals surface area contributed by atoms with Crippen LogP contribution in [0.2, 0.25) is 0 Å². The second kappa shape index (κ2) is 7.16. The molecular formula is C13H20O5. The van der Waals surface area contributed by atoms with Gasteiger partial charge in [-0.2, -0.15) is 0 Å². The van der Waals surface area contributed by atoms with E-state index in [2.05, 4.69) is 0 Å². The molecule has 0 spiro atoms. The van der Waals surface area contributed by atoms with Crippen LogP contribution in [-0.2, 0) is 23.8 Å². The van der Waals surface area contributed by atoms with Crippen molar-refractivity contribution in [1.29, 1.82) is 0 Å². The highest BCUT2D eigenvalue weighted by atomic mass is 16.6. The first-order chi connectivity index (χ1) is 8.60. The van der Waals surface area contributed by atoms with Gasteiger partial charge in [0.25, 0.3) is 0 Å². The lowest BCUT2D eigenvalue weighted by Crippen LogP contribution is -2.37. The average Bonchev–Trinajstić information content (AvgIpc) is 2.33. The molecule has 0 saturated heterocycles. The topological polar surface area (TPSA) is 61.8 Å². The van der Waals surface area contributed by atoms with Gasteiger partial charge in [-0.1, -0.05) is 12.2 Å². The Kier molecular flexibility index (Phi) is 5.85. The highest BCUT2D eigenvalue weighted by molar-refractivity contribution is 5.95. The fourth-order valence-electron chi connectivity index (χ4n) is 1.79. The van der Waals surface area contributed by atoms with Crippen LogP contribution in [0.15, 0.2) is 12.2 Å². The maximum Gasteiger partial charge on any atom is 0.321 e. The van der Waals surface area contributed by atoms with Gasteiger partial charge in [0.05, 0.1) is 25.9 Å². The lowest BCUT2D eigenvalue weighted by Gasteiger charge is -2.26. The van der Waals surface area contributed by atoms with Gasteiger partial charge in [-0.25, -0.2) is 0 Å². The van der Waals surface area contributed by atoms with Crippen LogP contribution in [0.25, 0.3) is 0 Å². The van der Waals surface area contributed by atoms with Crippen molar-refractivity contribution >= 4 is 11.9 Å². The second-order valence-corrected chi connectivity index (χ2v) is 4.07. The van der Waals surface area contributed by atoms with Gasteiger partial charge >= 0.3 is 11.9 Å². The molecule has 1 aliphatic rings. The summed E-state index contributed by atoms with van der Waals surface area (Å²) in [6.45, 7) is 6.10. The van der Waals surface area contributed by atoms with Crippen LogP contribution in [0.3, 0.4) is 0 Å². The van der Waals surface area contributed by atoms with Crippen molar-refractivity contribution in [1.82, 2.24) is 0 Å². The molecule has 0 unspecified atom stereocenters. The molecule has 0 fully saturated rings. The molecule has 0 saturated carbocycles. The Labute approximate surface area is 107 Å². The quantitative estimate of drug-likeness (QED) is 0.422. The smallest absolute Gasteiger partial charge is 0.321 e. The Morgan fingerprint density at radius 1 is 1.22 bits per heavy atom. The highest BCUT2D eigenvalue weighted by Crippen LogP contribution is 2.22. The predicted molar refractivity (Wildman–Crippen MR) is 64.8 cm³/mol. The molecule has 5 heteroatoms. The summed E-state index contributed by atoms with van der Waals surface area (Å²) in [5, 5.41) is 0. The zero-order chi connectivity index (χ0) is 13.5. The maximum absolute atomic E-state index is 11.8. The number of hydrogen-bond donors (Lipinski definition) is 0. The van der Waals surface area contributed by atoms with Gasteiger partial charge in [-0.3, -0.25) is 9.59 Å². The number of rotatable bonds is 5. The highest BCUT2D eigenvalue weighted by Gasteiger charge is 2.37. The van der Waals surface area contributed by atoms with Crippen LogP contribution >= 0.6 is 0 Å². The minimum atomic E-state index is -0.936. The lowest BCUT2D eigenvalue weighted by atomic mass is 9.91. The van der Waals surface area contributed by atoms with Crippen molar-refractivity contribution in [2.75, 3.05) is 19.8 Å². The summed E-state index contributed by atoms with van der Waals surface area (Å²) < 4.78 is 15.3. The van der Waals surface area contributed by atoms with E-state index in [1.54, 1.807) is 13.8 Å². The molecule has 0 aromatic carbocycles. The van der Waals surface area contributed by atoms with Crippen LogP contribution in [0.5, 0.6) is 0 Å². The van der Waals surface area contributed by atoms with Gasteiger partial charge in [-0.15, -0.1) is 0 Å². The Bertz CT molecular complexity index is 305. The van der Waals surface area contributed by atoms with Gasteiger partial charge in [0.2, 0.25) is 0 Å². The van der Waals surface area contributed by atoms with Crippen LogP contribution in [0, 0.1) is 11.8 Å². The molecule has 0 aromatic rings. The molecule has 0 radical (unpaired) electrons. The molecule has 0 N–H and O–H groups in total. The Morgan fingerprint density at radius 3 is 2.17 bits per heavy atom. The van der Waals surface area contributed by atoms with E-state index in [0.29, 0.717) is 6.61 Å². The Balaban J connectivity index is 2.79. The normalized spacial score (nSPS) is 22.9. The molecule has 18 heavy (non-hydrogen) atoms. The van der Waals surface area contributed by atoms with Crippen LogP contribution < -0.4 is 0 Å². The van der Waals surface area contributed by atoms with Crippen LogP contribution in [-0.4, -0.2) is 37.9 Å². The number of carbonyl (C=O) groups excluding carboxylic acids is 2. The molecule has 1 rings (SSSR count). The van der Waals surface area contributed by atoms with Crippen molar-refractivity contribution in [3.63, 3.8) is 0 Å². The fraction of sp³-hybridized carbons (Fsp3) is 0.692. The van der Waals surface area contributed by atoms with E-state index >= 15 is 0 Å². The van der Waals surface area contributed by atoms with Crippen molar-refractivity contribution in [3.05, 3.63) is 12.2 Å². The zero-order valence-electron chi connectivity index (χ0n) is 11.0. The molecule has 1 heterocycles. The minimum Gasteiger partial charge on any atom is -0.465 e. The summed E-state index contributed by atoms with van der Waals surface area (Å²) in [6.07, 6.45) is 3.66. The molecule has 0 bridgehead atoms. The van der Waals surface area contributed by atoms with E-state index < -0.39 is 17.9 Å². The van der Waals surface area contributed by atoms with E-state index in [4.69, 9.17) is 14.2 Å². The van der Waals surface area contributed by atoms with Crippen molar-refractivity contribution in [2.45, 2.75) is 26.9 Å². The fourth-order valence-corrected chi connectivity index (χ4v) is 1.79. The molecule has 2 atom stereocenters. The van der Waals surface area contributed by atoms with E-state index in [0.717, 1.165) is 0 Å². The van der Waals surface area contributed by atoms with Crippen LogP contribution in [0.4, 0.5) is 0 Å². The Hall–Kier alpha value is -1.36. The molecule has 1 aliphatic heterocycles. The van der Waals surface area contributed by atoms with Gasteiger partial charge in [-0.05, 0) is 20.8 Å². The minimum absolute atomic E-state index is 0.00583. The zero-order valence-corrected chi connectivity index (χ0v) is 11.0. The monoisotopic (exact) mass is 256 g/mol. The SMILES string of the molecule is CCOC(=O)C(C(=O)OCC)[C@H]1C=C[C@H](C)OC1. The summed E-state index contributed by atoms with van der Waals surface area (Å²) >= 11 is 0. The van der Waals surface area contributed by atoms with Gasteiger partial charge in [0.1, 0.15) is 0 Å². The van der Waals surface area contributed by atoms with Crippen molar-refractivity contribution in [3.8, 4) is 0 Å². The summed E-state index contributed by atoms with van der Waals surface area (Å²) in [7, 11) is 0. The largest absolute Gasteiger partial charge is 0.465 e. The predicted octanol–water partition coefficient (Wildman–Crippen LogP) is 1.32. The third kappa shape index (κ3) is 3.84. The number of ether oxygens (including phenoxy) is 3. The first-order valence-corrected chi connectivity index (χ1v) is 6.23. The number of esters is 2. The standard InChI is InChI=1S/C13H20O5/c1-4-16-12(14)11(13(15)17-5-2)10-7-6-9(3)18-8-10/h6-7,9-11H,4-5,8H2,1-3H3/t9-,10-/m0/s1. The molecule has 102 valence electrons. The Morgan fingerprint density at radius 2 is 1.78 bits per heavy atom. The number of hydrogen-bond acceptors (Lipinski definition) is 5. The number of carbonyl (C=O) groups is 2. The second-order valence-electron chi connectivity index (χ2n) is 4.07. The van der Waals surface area contributed by atoms with Gasteiger partial charge in [0, 0.05) is 5.92 Å². The molecule has 0 amide bonds. The summed E-state index contributed by atoms with van der Waals surface area (Å²) in [5.41, 5.74) is 0. The van der Waals surface area contributed by atoms with Gasteiger partial charge < -0.3 is 14.2 Å². The first-order valence-electron chi connectivity index (χ1n) is 6.23. The third-order valence-corrected chi connectivity index (χ3v) is 2.69. The summed E-state index contributed by atoms with van der Waals surface area (Å²) in [4.78, 5) is 23.7. The molecular weight excluding hydrogens is 236 g/mol. The molecule has 0 aliphatic carbocycles. The van der Waals surface area contributed by atoms with Gasteiger partial charge in [0.15, 0.2) is 5.92 Å². The van der Waals surface area contributed by atoms with E-state index in [-0.39, 0.29) is 25.2 Å². The van der Waals surface area contributed by atoms with Crippen molar-refractivity contribution in [2.24, 2.45) is 11.8 Å². The maximum atomic E-state index is 11.8. The van der Waals surface area contributed by atoms with E-state index in [1.165, 1.54) is 0 Å². The molecule has 5 nitrogen and oxygen atoms in total. The van der Waals surface area contributed by atoms with E-state index in [9.17, 15) is 9.59 Å². The first kappa shape index (κ1) is 14.7. The molecule has 0 aromatic heterocycles. The van der Waals surface area contributed by atoms with Crippen LogP contribution in [0.1, 0.15) is 20.8 Å². The lowest BCUT2D eigenvalue weighted by molar-refractivity contribution is -0.165.